The van der Waals surface area contributed by atoms with E-state index in [1.165, 1.54) is 0 Å². The van der Waals surface area contributed by atoms with Crippen LogP contribution in [-0.4, -0.2) is 55.0 Å². The summed E-state index contributed by atoms with van der Waals surface area (Å²) in [6.45, 7) is 2.48. The average Bonchev–Trinajstić information content (AvgIpc) is 3.42. The SMILES string of the molecule is CC[C@H](NC(=O)[C@@H]1OCC[C@@H]1CNC(=O)OCC1c2ccccc2-c2ccccc21)C(=O)O. The number of hydrogen-bond acceptors (Lipinski definition) is 5. The number of amides is 2. The molecule has 0 saturated carbocycles. The third kappa shape index (κ3) is 4.85. The molecule has 2 amide bonds. The molecule has 174 valence electrons. The van der Waals surface area contributed by atoms with Crippen molar-refractivity contribution < 1.29 is 29.0 Å². The van der Waals surface area contributed by atoms with Gasteiger partial charge in [-0.1, -0.05) is 55.5 Å². The number of nitrogens with one attached hydrogen (secondary N) is 2. The van der Waals surface area contributed by atoms with Crippen molar-refractivity contribution in [3.05, 3.63) is 59.7 Å². The zero-order valence-corrected chi connectivity index (χ0v) is 18.5. The molecular formula is C25H28N2O6. The number of carbonyl (C=O) groups excluding carboxylic acids is 2. The fourth-order valence-corrected chi connectivity index (χ4v) is 4.59. The van der Waals surface area contributed by atoms with Gasteiger partial charge in [0.2, 0.25) is 5.91 Å². The molecule has 33 heavy (non-hydrogen) atoms. The van der Waals surface area contributed by atoms with Crippen molar-refractivity contribution in [2.45, 2.75) is 37.8 Å². The lowest BCUT2D eigenvalue weighted by atomic mass is 9.98. The van der Waals surface area contributed by atoms with E-state index in [2.05, 4.69) is 34.9 Å². The zero-order valence-electron chi connectivity index (χ0n) is 18.5. The Labute approximate surface area is 192 Å². The molecule has 3 atom stereocenters. The van der Waals surface area contributed by atoms with Gasteiger partial charge in [-0.05, 0) is 35.1 Å². The van der Waals surface area contributed by atoms with E-state index in [4.69, 9.17) is 14.6 Å². The second-order valence-corrected chi connectivity index (χ2v) is 8.35. The van der Waals surface area contributed by atoms with Gasteiger partial charge >= 0.3 is 12.1 Å². The van der Waals surface area contributed by atoms with Gasteiger partial charge in [0.05, 0.1) is 0 Å². The van der Waals surface area contributed by atoms with Gasteiger partial charge in [0.25, 0.3) is 0 Å². The standard InChI is InChI=1S/C25H28N2O6/c1-2-21(24(29)30)27-23(28)22-15(11-12-32-22)13-26-25(31)33-14-20-18-9-5-3-7-16(18)17-8-4-6-10-19(17)20/h3-10,15,20-22H,2,11-14H2,1H3,(H,26,31)(H,27,28)(H,29,30)/t15-,21+,22-/m1/s1. The van der Waals surface area contributed by atoms with Crippen molar-refractivity contribution in [3.8, 4) is 11.1 Å². The number of benzene rings is 2. The van der Waals surface area contributed by atoms with Crippen molar-refractivity contribution in [1.82, 2.24) is 10.6 Å². The second-order valence-electron chi connectivity index (χ2n) is 8.35. The summed E-state index contributed by atoms with van der Waals surface area (Å²) in [5.74, 6) is -1.84. The first kappa shape index (κ1) is 22.8. The van der Waals surface area contributed by atoms with Crippen LogP contribution in [0, 0.1) is 5.92 Å². The molecule has 1 heterocycles. The van der Waals surface area contributed by atoms with E-state index in [1.54, 1.807) is 6.92 Å². The summed E-state index contributed by atoms with van der Waals surface area (Å²) in [7, 11) is 0. The van der Waals surface area contributed by atoms with Crippen molar-refractivity contribution in [3.63, 3.8) is 0 Å². The van der Waals surface area contributed by atoms with E-state index in [0.29, 0.717) is 13.0 Å². The predicted octanol–water partition coefficient (Wildman–Crippen LogP) is 2.91. The smallest absolute Gasteiger partial charge is 0.407 e. The molecule has 8 heteroatoms. The zero-order chi connectivity index (χ0) is 23.4. The Hall–Kier alpha value is -3.39. The molecule has 2 aromatic carbocycles. The first-order valence-electron chi connectivity index (χ1n) is 11.2. The summed E-state index contributed by atoms with van der Waals surface area (Å²) in [6.07, 6.45) is -0.491. The van der Waals surface area contributed by atoms with Crippen molar-refractivity contribution in [2.24, 2.45) is 5.92 Å². The molecule has 0 spiro atoms. The van der Waals surface area contributed by atoms with Crippen molar-refractivity contribution in [1.29, 1.82) is 0 Å². The lowest BCUT2D eigenvalue weighted by Crippen LogP contribution is -2.48. The van der Waals surface area contributed by atoms with Gasteiger partial charge in [-0.3, -0.25) is 4.79 Å². The van der Waals surface area contributed by atoms with E-state index in [0.717, 1.165) is 22.3 Å². The van der Waals surface area contributed by atoms with E-state index in [-0.39, 0.29) is 31.4 Å². The van der Waals surface area contributed by atoms with Gasteiger partial charge in [-0.2, -0.15) is 0 Å². The number of carbonyl (C=O) groups is 3. The summed E-state index contributed by atoms with van der Waals surface area (Å²) >= 11 is 0. The van der Waals surface area contributed by atoms with Gasteiger partial charge in [0.1, 0.15) is 18.8 Å². The maximum absolute atomic E-state index is 12.5. The van der Waals surface area contributed by atoms with Gasteiger partial charge in [0.15, 0.2) is 0 Å². The van der Waals surface area contributed by atoms with Crippen molar-refractivity contribution >= 4 is 18.0 Å². The minimum Gasteiger partial charge on any atom is -0.480 e. The minimum absolute atomic E-state index is 0.0292. The molecular weight excluding hydrogens is 424 g/mol. The summed E-state index contributed by atoms with van der Waals surface area (Å²) in [5, 5.41) is 14.4. The Kier molecular flexibility index (Phi) is 6.93. The van der Waals surface area contributed by atoms with Crippen LogP contribution in [0.1, 0.15) is 36.8 Å². The Morgan fingerprint density at radius 2 is 1.73 bits per heavy atom. The number of hydrogen-bond donors (Lipinski definition) is 3. The number of rotatable bonds is 8. The number of alkyl carbamates (subject to hydrolysis) is 1. The molecule has 0 bridgehead atoms. The van der Waals surface area contributed by atoms with E-state index >= 15 is 0 Å². The Morgan fingerprint density at radius 1 is 1.09 bits per heavy atom. The highest BCUT2D eigenvalue weighted by Gasteiger charge is 2.36. The lowest BCUT2D eigenvalue weighted by molar-refractivity contribution is -0.144. The van der Waals surface area contributed by atoms with Gasteiger partial charge in [0, 0.05) is 25.0 Å². The first-order valence-corrected chi connectivity index (χ1v) is 11.2. The molecule has 2 aliphatic rings. The normalized spacial score (nSPS) is 19.9. The highest BCUT2D eigenvalue weighted by molar-refractivity contribution is 5.86. The molecule has 0 unspecified atom stereocenters. The molecule has 1 fully saturated rings. The molecule has 1 aliphatic carbocycles. The number of fused-ring (bicyclic) bond motifs is 3. The van der Waals surface area contributed by atoms with Crippen LogP contribution in [0.5, 0.6) is 0 Å². The second kappa shape index (κ2) is 10.0. The molecule has 0 radical (unpaired) electrons. The van der Waals surface area contributed by atoms with Crippen LogP contribution in [0.3, 0.4) is 0 Å². The largest absolute Gasteiger partial charge is 0.480 e. The highest BCUT2D eigenvalue weighted by atomic mass is 16.5. The molecule has 1 aliphatic heterocycles. The van der Waals surface area contributed by atoms with E-state index in [1.807, 2.05) is 24.3 Å². The molecule has 0 aromatic heterocycles. The molecule has 4 rings (SSSR count). The van der Waals surface area contributed by atoms with Gasteiger partial charge < -0.3 is 25.2 Å². The Bertz CT molecular complexity index is 994. The average molecular weight is 453 g/mol. The van der Waals surface area contributed by atoms with Crippen LogP contribution in [0.25, 0.3) is 11.1 Å². The van der Waals surface area contributed by atoms with E-state index < -0.39 is 30.1 Å². The summed E-state index contributed by atoms with van der Waals surface area (Å²) in [4.78, 5) is 36.1. The fraction of sp³-hybridized carbons (Fsp3) is 0.400. The van der Waals surface area contributed by atoms with E-state index in [9.17, 15) is 14.4 Å². The Morgan fingerprint density at radius 3 is 2.33 bits per heavy atom. The van der Waals surface area contributed by atoms with Crippen LogP contribution < -0.4 is 10.6 Å². The van der Waals surface area contributed by atoms with Crippen LogP contribution in [0.15, 0.2) is 48.5 Å². The number of aliphatic carboxylic acids is 1. The van der Waals surface area contributed by atoms with Crippen LogP contribution in [0.4, 0.5) is 4.79 Å². The third-order valence-electron chi connectivity index (χ3n) is 6.35. The fourth-order valence-electron chi connectivity index (χ4n) is 4.59. The van der Waals surface area contributed by atoms with Gasteiger partial charge in [-0.25, -0.2) is 9.59 Å². The highest BCUT2D eigenvalue weighted by Crippen LogP contribution is 2.44. The molecule has 3 N–H and O–H groups in total. The molecule has 1 saturated heterocycles. The third-order valence-corrected chi connectivity index (χ3v) is 6.35. The first-order chi connectivity index (χ1) is 16.0. The van der Waals surface area contributed by atoms with Crippen LogP contribution in [0.2, 0.25) is 0 Å². The minimum atomic E-state index is -1.09. The quantitative estimate of drug-likeness (QED) is 0.568. The van der Waals surface area contributed by atoms with Crippen LogP contribution in [-0.2, 0) is 19.1 Å². The van der Waals surface area contributed by atoms with Crippen LogP contribution >= 0.6 is 0 Å². The number of carboxylic acid groups (broad SMARTS) is 1. The summed E-state index contributed by atoms with van der Waals surface area (Å²) < 4.78 is 11.0. The maximum atomic E-state index is 12.5. The summed E-state index contributed by atoms with van der Waals surface area (Å²) in [6, 6.07) is 15.3. The van der Waals surface area contributed by atoms with Crippen molar-refractivity contribution in [2.75, 3.05) is 19.8 Å². The number of carboxylic acids is 1. The predicted molar refractivity (Wildman–Crippen MR) is 121 cm³/mol. The maximum Gasteiger partial charge on any atom is 0.407 e. The monoisotopic (exact) mass is 452 g/mol. The molecule has 8 nitrogen and oxygen atoms in total. The Balaban J connectivity index is 1.31. The lowest BCUT2D eigenvalue weighted by Gasteiger charge is -2.21. The number of ether oxygens (including phenoxy) is 2. The molecule has 2 aromatic rings. The summed E-state index contributed by atoms with van der Waals surface area (Å²) in [5.41, 5.74) is 4.59. The topological polar surface area (TPSA) is 114 Å². The van der Waals surface area contributed by atoms with Gasteiger partial charge in [-0.15, -0.1) is 0 Å².